The van der Waals surface area contributed by atoms with E-state index >= 15 is 0 Å². The Labute approximate surface area is 125 Å². The Morgan fingerprint density at radius 3 is 2.90 bits per heavy atom. The molecule has 2 heterocycles. The molecule has 0 saturated heterocycles. The summed E-state index contributed by atoms with van der Waals surface area (Å²) in [4.78, 5) is 0. The van der Waals surface area contributed by atoms with Gasteiger partial charge in [-0.25, -0.2) is 17.2 Å². The van der Waals surface area contributed by atoms with Gasteiger partial charge >= 0.3 is 0 Å². The molecule has 0 fully saturated rings. The van der Waals surface area contributed by atoms with E-state index in [1.165, 1.54) is 10.6 Å². The summed E-state index contributed by atoms with van der Waals surface area (Å²) >= 11 is 0. The molecular formula is C14H22N4O2S. The zero-order valence-corrected chi connectivity index (χ0v) is 13.3. The molecule has 0 saturated carbocycles. The molecule has 0 aliphatic heterocycles. The van der Waals surface area contributed by atoms with Crippen LogP contribution in [0.5, 0.6) is 0 Å². The fourth-order valence-electron chi connectivity index (χ4n) is 2.29. The molecule has 0 unspecified atom stereocenters. The molecule has 0 atom stereocenters. The monoisotopic (exact) mass is 310 g/mol. The van der Waals surface area contributed by atoms with Gasteiger partial charge in [0.1, 0.15) is 0 Å². The minimum Gasteiger partial charge on any atom is -0.312 e. The predicted octanol–water partition coefficient (Wildman–Crippen LogP) is 1.10. The molecule has 0 bridgehead atoms. The van der Waals surface area contributed by atoms with Crippen LogP contribution < -0.4 is 5.32 Å². The minimum absolute atomic E-state index is 0.521. The van der Waals surface area contributed by atoms with Crippen LogP contribution in [0.2, 0.25) is 0 Å². The molecule has 0 spiro atoms. The maximum atomic E-state index is 11.5. The zero-order valence-electron chi connectivity index (χ0n) is 12.5. The van der Waals surface area contributed by atoms with Crippen molar-refractivity contribution in [3.63, 3.8) is 0 Å². The third-order valence-corrected chi connectivity index (χ3v) is 4.78. The van der Waals surface area contributed by atoms with Crippen molar-refractivity contribution in [2.75, 3.05) is 25.9 Å². The Morgan fingerprint density at radius 2 is 2.19 bits per heavy atom. The van der Waals surface area contributed by atoms with Crippen molar-refractivity contribution in [1.29, 1.82) is 0 Å². The number of fused-ring (bicyclic) bond motifs is 1. The third-order valence-electron chi connectivity index (χ3n) is 3.40. The number of sulfonamides is 1. The number of aromatic nitrogens is 2. The van der Waals surface area contributed by atoms with Gasteiger partial charge < -0.3 is 5.32 Å². The first kappa shape index (κ1) is 15.9. The number of rotatable bonds is 8. The van der Waals surface area contributed by atoms with Gasteiger partial charge in [0.2, 0.25) is 10.0 Å². The van der Waals surface area contributed by atoms with Crippen LogP contribution in [-0.2, 0) is 16.6 Å². The Kier molecular flexibility index (Phi) is 5.33. The first-order valence-electron chi connectivity index (χ1n) is 7.09. The summed E-state index contributed by atoms with van der Waals surface area (Å²) in [6.07, 6.45) is 5.82. The molecule has 7 heteroatoms. The van der Waals surface area contributed by atoms with Gasteiger partial charge in [-0.1, -0.05) is 13.0 Å². The Morgan fingerprint density at radius 1 is 1.38 bits per heavy atom. The standard InChI is InChI=1S/C14H22N4O2S/c1-3-17(21(2,19)20)9-6-8-15-11-13-12-16-18-10-5-4-7-14(13)18/h4-5,7,10,12,15H,3,6,8-9,11H2,1-2H3. The summed E-state index contributed by atoms with van der Waals surface area (Å²) in [5.41, 5.74) is 2.24. The second-order valence-corrected chi connectivity index (χ2v) is 6.97. The number of nitrogens with one attached hydrogen (secondary N) is 1. The number of hydrogen-bond acceptors (Lipinski definition) is 4. The summed E-state index contributed by atoms with van der Waals surface area (Å²) in [5, 5.41) is 7.62. The molecule has 0 radical (unpaired) electrons. The normalized spacial score (nSPS) is 12.3. The van der Waals surface area contributed by atoms with Gasteiger partial charge in [0.25, 0.3) is 0 Å². The van der Waals surface area contributed by atoms with Crippen LogP contribution in [0.4, 0.5) is 0 Å². The van der Waals surface area contributed by atoms with Crippen molar-refractivity contribution < 1.29 is 8.42 Å². The summed E-state index contributed by atoms with van der Waals surface area (Å²) < 4.78 is 26.2. The van der Waals surface area contributed by atoms with E-state index < -0.39 is 10.0 Å². The fourth-order valence-corrected chi connectivity index (χ4v) is 3.22. The Balaban J connectivity index is 1.78. The average molecular weight is 310 g/mol. The van der Waals surface area contributed by atoms with E-state index in [0.29, 0.717) is 13.1 Å². The van der Waals surface area contributed by atoms with Crippen molar-refractivity contribution in [3.8, 4) is 0 Å². The van der Waals surface area contributed by atoms with E-state index in [1.54, 1.807) is 0 Å². The first-order valence-corrected chi connectivity index (χ1v) is 8.94. The van der Waals surface area contributed by atoms with Crippen molar-refractivity contribution in [2.45, 2.75) is 19.9 Å². The fraction of sp³-hybridized carbons (Fsp3) is 0.500. The topological polar surface area (TPSA) is 66.7 Å². The molecule has 1 N–H and O–H groups in total. The van der Waals surface area contributed by atoms with E-state index in [9.17, 15) is 8.42 Å². The van der Waals surface area contributed by atoms with E-state index in [4.69, 9.17) is 0 Å². The van der Waals surface area contributed by atoms with Crippen molar-refractivity contribution in [3.05, 3.63) is 36.2 Å². The highest BCUT2D eigenvalue weighted by atomic mass is 32.2. The SMILES string of the molecule is CCN(CCCNCc1cnn2ccccc12)S(C)(=O)=O. The van der Waals surface area contributed by atoms with Gasteiger partial charge in [0, 0.05) is 31.4 Å². The quantitative estimate of drug-likeness (QED) is 0.741. The molecule has 116 valence electrons. The summed E-state index contributed by atoms with van der Waals surface area (Å²) in [6.45, 7) is 4.44. The van der Waals surface area contributed by atoms with Gasteiger partial charge in [-0.05, 0) is 25.1 Å². The smallest absolute Gasteiger partial charge is 0.211 e. The third kappa shape index (κ3) is 4.26. The Hall–Kier alpha value is -1.44. The van der Waals surface area contributed by atoms with Crippen molar-refractivity contribution in [1.82, 2.24) is 19.2 Å². The van der Waals surface area contributed by atoms with Crippen molar-refractivity contribution in [2.24, 2.45) is 0 Å². The molecular weight excluding hydrogens is 288 g/mol. The van der Waals surface area contributed by atoms with Crippen LogP contribution in [0.25, 0.3) is 5.52 Å². The van der Waals surface area contributed by atoms with Crippen LogP contribution in [0.3, 0.4) is 0 Å². The maximum Gasteiger partial charge on any atom is 0.211 e. The lowest BCUT2D eigenvalue weighted by atomic mass is 10.2. The number of pyridine rings is 1. The lowest BCUT2D eigenvalue weighted by Gasteiger charge is -2.17. The molecule has 0 amide bonds. The van der Waals surface area contributed by atoms with Crippen LogP contribution in [-0.4, -0.2) is 48.2 Å². The first-order chi connectivity index (χ1) is 10.0. The average Bonchev–Trinajstić information content (AvgIpc) is 2.85. The molecule has 2 aromatic rings. The van der Waals surface area contributed by atoms with Gasteiger partial charge in [-0.2, -0.15) is 5.10 Å². The van der Waals surface area contributed by atoms with E-state index in [0.717, 1.165) is 30.6 Å². The van der Waals surface area contributed by atoms with Crippen LogP contribution in [0.15, 0.2) is 30.6 Å². The highest BCUT2D eigenvalue weighted by Crippen LogP contribution is 2.09. The van der Waals surface area contributed by atoms with Crippen LogP contribution in [0, 0.1) is 0 Å². The van der Waals surface area contributed by atoms with Crippen LogP contribution in [0.1, 0.15) is 18.9 Å². The lowest BCUT2D eigenvalue weighted by Crippen LogP contribution is -2.32. The largest absolute Gasteiger partial charge is 0.312 e. The van der Waals surface area contributed by atoms with Gasteiger partial charge in [-0.15, -0.1) is 0 Å². The molecule has 6 nitrogen and oxygen atoms in total. The minimum atomic E-state index is -3.08. The highest BCUT2D eigenvalue weighted by molar-refractivity contribution is 7.88. The molecule has 0 aliphatic carbocycles. The van der Waals surface area contributed by atoms with Gasteiger partial charge in [0.15, 0.2) is 0 Å². The van der Waals surface area contributed by atoms with E-state index in [-0.39, 0.29) is 0 Å². The van der Waals surface area contributed by atoms with E-state index in [1.807, 2.05) is 42.0 Å². The molecule has 2 rings (SSSR count). The zero-order chi connectivity index (χ0) is 15.3. The molecule has 21 heavy (non-hydrogen) atoms. The summed E-state index contributed by atoms with van der Waals surface area (Å²) in [7, 11) is -3.08. The molecule has 0 aromatic carbocycles. The van der Waals surface area contributed by atoms with E-state index in [2.05, 4.69) is 10.4 Å². The number of hydrogen-bond donors (Lipinski definition) is 1. The molecule has 2 aromatic heterocycles. The second-order valence-electron chi connectivity index (χ2n) is 4.99. The van der Waals surface area contributed by atoms with Gasteiger partial charge in [-0.3, -0.25) is 0 Å². The Bertz CT molecular complexity index is 681. The molecule has 0 aliphatic rings. The summed E-state index contributed by atoms with van der Waals surface area (Å²) in [6, 6.07) is 5.97. The van der Waals surface area contributed by atoms with Crippen LogP contribution >= 0.6 is 0 Å². The number of nitrogens with zero attached hydrogens (tertiary/aromatic N) is 3. The predicted molar refractivity (Wildman–Crippen MR) is 83.6 cm³/mol. The lowest BCUT2D eigenvalue weighted by molar-refractivity contribution is 0.419. The maximum absolute atomic E-state index is 11.5. The van der Waals surface area contributed by atoms with Gasteiger partial charge in [0.05, 0.1) is 18.0 Å². The van der Waals surface area contributed by atoms with Crippen molar-refractivity contribution >= 4 is 15.5 Å². The summed E-state index contributed by atoms with van der Waals surface area (Å²) in [5.74, 6) is 0. The second kappa shape index (κ2) is 7.02. The highest BCUT2D eigenvalue weighted by Gasteiger charge is 2.13.